The van der Waals surface area contributed by atoms with Crippen molar-refractivity contribution in [3.63, 3.8) is 0 Å². The molecule has 2 aromatic carbocycles. The Labute approximate surface area is 162 Å². The Morgan fingerprint density at radius 3 is 2.29 bits per heavy atom. The van der Waals surface area contributed by atoms with Crippen molar-refractivity contribution in [3.05, 3.63) is 87.3 Å². The number of hydrogen-bond donors (Lipinski definition) is 3. The molecule has 4 aromatic rings. The number of benzene rings is 2. The molecule has 0 bridgehead atoms. The van der Waals surface area contributed by atoms with Gasteiger partial charge in [0.1, 0.15) is 0 Å². The molecule has 0 unspecified atom stereocenters. The maximum atomic E-state index is 12.4. The molecule has 7 heteroatoms. The average molecular weight is 374 g/mol. The van der Waals surface area contributed by atoms with Crippen molar-refractivity contribution in [1.29, 1.82) is 0 Å². The molecular weight excluding hydrogens is 352 g/mol. The number of H-pyrrole nitrogens is 1. The van der Waals surface area contributed by atoms with Crippen LogP contribution >= 0.6 is 0 Å². The summed E-state index contributed by atoms with van der Waals surface area (Å²) in [6, 6.07) is 17.8. The van der Waals surface area contributed by atoms with Crippen LogP contribution in [0.1, 0.15) is 22.4 Å². The van der Waals surface area contributed by atoms with Gasteiger partial charge in [-0.15, -0.1) is 0 Å². The van der Waals surface area contributed by atoms with Gasteiger partial charge in [0.15, 0.2) is 0 Å². The van der Waals surface area contributed by atoms with Crippen LogP contribution in [0.15, 0.2) is 59.4 Å². The predicted octanol–water partition coefficient (Wildman–Crippen LogP) is 3.26. The molecule has 0 aliphatic rings. The van der Waals surface area contributed by atoms with Crippen LogP contribution in [0, 0.1) is 13.8 Å². The van der Waals surface area contributed by atoms with Crippen LogP contribution in [-0.2, 0) is 13.1 Å². The fraction of sp³-hybridized carbons (Fsp3) is 0.190. The number of aromatic nitrogens is 4. The maximum Gasteiger partial charge on any atom is 0.274 e. The molecule has 0 saturated carbocycles. The lowest BCUT2D eigenvalue weighted by molar-refractivity contribution is 0.874. The second kappa shape index (κ2) is 7.56. The molecule has 142 valence electrons. The van der Waals surface area contributed by atoms with E-state index in [-0.39, 0.29) is 5.56 Å². The molecule has 0 aliphatic heterocycles. The Hall–Kier alpha value is -3.61. The normalized spacial score (nSPS) is 10.9. The summed E-state index contributed by atoms with van der Waals surface area (Å²) >= 11 is 0. The van der Waals surface area contributed by atoms with E-state index in [2.05, 4.69) is 56.9 Å². The Kier molecular flexibility index (Phi) is 4.80. The summed E-state index contributed by atoms with van der Waals surface area (Å²) in [5.74, 6) is 0.855. The minimum atomic E-state index is -0.193. The molecule has 0 fully saturated rings. The third-order valence-electron chi connectivity index (χ3n) is 4.49. The lowest BCUT2D eigenvalue weighted by Gasteiger charge is -2.05. The van der Waals surface area contributed by atoms with Crippen molar-refractivity contribution in [2.75, 3.05) is 10.6 Å². The summed E-state index contributed by atoms with van der Waals surface area (Å²) < 4.78 is 1.34. The fourth-order valence-corrected chi connectivity index (χ4v) is 2.85. The Morgan fingerprint density at radius 2 is 1.57 bits per heavy atom. The maximum absolute atomic E-state index is 12.4. The first-order chi connectivity index (χ1) is 13.6. The molecule has 2 heterocycles. The second-order valence-corrected chi connectivity index (χ2v) is 6.85. The molecule has 0 aliphatic carbocycles. The van der Waals surface area contributed by atoms with Crippen molar-refractivity contribution >= 4 is 17.4 Å². The molecule has 4 rings (SSSR count). The van der Waals surface area contributed by atoms with E-state index < -0.39 is 0 Å². The number of anilines is 2. The van der Waals surface area contributed by atoms with Gasteiger partial charge >= 0.3 is 0 Å². The van der Waals surface area contributed by atoms with Crippen molar-refractivity contribution in [3.8, 4) is 0 Å². The van der Waals surface area contributed by atoms with Crippen LogP contribution in [0.2, 0.25) is 0 Å². The van der Waals surface area contributed by atoms with E-state index in [9.17, 15) is 4.79 Å². The quantitative estimate of drug-likeness (QED) is 0.482. The molecule has 28 heavy (non-hydrogen) atoms. The largest absolute Gasteiger partial charge is 0.379 e. The highest BCUT2D eigenvalue weighted by atomic mass is 16.1. The van der Waals surface area contributed by atoms with Crippen molar-refractivity contribution in [1.82, 2.24) is 19.6 Å². The Balaban J connectivity index is 1.47. The average Bonchev–Trinajstić information content (AvgIpc) is 3.11. The van der Waals surface area contributed by atoms with Crippen LogP contribution < -0.4 is 16.2 Å². The van der Waals surface area contributed by atoms with Gasteiger partial charge in [-0.2, -0.15) is 9.50 Å². The lowest BCUT2D eigenvalue weighted by atomic mass is 10.1. The topological polar surface area (TPSA) is 87.1 Å². The molecule has 0 radical (unpaired) electrons. The smallest absolute Gasteiger partial charge is 0.274 e. The van der Waals surface area contributed by atoms with E-state index in [1.807, 2.05) is 31.2 Å². The SMILES string of the molecule is Cc1ccc(CNc2nc3nc(CNc4ccc(C)cc4)cc(=O)n3[nH]2)cc1. The number of rotatable bonds is 6. The van der Waals surface area contributed by atoms with Gasteiger partial charge in [0.25, 0.3) is 11.3 Å². The highest BCUT2D eigenvalue weighted by Gasteiger charge is 2.08. The first-order valence-electron chi connectivity index (χ1n) is 9.15. The minimum Gasteiger partial charge on any atom is -0.379 e. The fourth-order valence-electron chi connectivity index (χ4n) is 2.85. The summed E-state index contributed by atoms with van der Waals surface area (Å²) in [6.07, 6.45) is 0. The number of nitrogens with zero attached hydrogens (tertiary/aromatic N) is 3. The predicted molar refractivity (Wildman–Crippen MR) is 111 cm³/mol. The van der Waals surface area contributed by atoms with Crippen molar-refractivity contribution < 1.29 is 0 Å². The van der Waals surface area contributed by atoms with E-state index in [0.29, 0.717) is 30.5 Å². The molecule has 3 N–H and O–H groups in total. The Bertz CT molecular complexity index is 1140. The summed E-state index contributed by atoms with van der Waals surface area (Å²) in [7, 11) is 0. The molecule has 0 spiro atoms. The van der Waals surface area contributed by atoms with Crippen molar-refractivity contribution in [2.45, 2.75) is 26.9 Å². The first kappa shape index (κ1) is 17.8. The highest BCUT2D eigenvalue weighted by Crippen LogP contribution is 2.10. The van der Waals surface area contributed by atoms with Crippen LogP contribution in [0.3, 0.4) is 0 Å². The Morgan fingerprint density at radius 1 is 0.893 bits per heavy atom. The third-order valence-corrected chi connectivity index (χ3v) is 4.49. The highest BCUT2D eigenvalue weighted by molar-refractivity contribution is 5.45. The van der Waals surface area contributed by atoms with E-state index in [0.717, 1.165) is 11.3 Å². The van der Waals surface area contributed by atoms with Gasteiger partial charge in [0.2, 0.25) is 5.95 Å². The lowest BCUT2D eigenvalue weighted by Crippen LogP contribution is -2.17. The molecule has 0 atom stereocenters. The van der Waals surface area contributed by atoms with Gasteiger partial charge in [-0.05, 0) is 31.5 Å². The number of aromatic amines is 1. The van der Waals surface area contributed by atoms with Gasteiger partial charge in [0.05, 0.1) is 12.2 Å². The minimum absolute atomic E-state index is 0.193. The van der Waals surface area contributed by atoms with Crippen LogP contribution in [0.5, 0.6) is 0 Å². The van der Waals surface area contributed by atoms with E-state index in [1.54, 1.807) is 0 Å². The number of hydrogen-bond acceptors (Lipinski definition) is 5. The molecule has 0 saturated heterocycles. The second-order valence-electron chi connectivity index (χ2n) is 6.85. The van der Waals surface area contributed by atoms with E-state index in [1.165, 1.54) is 21.7 Å². The summed E-state index contributed by atoms with van der Waals surface area (Å²) in [5, 5.41) is 9.42. The molecular formula is C21H22N6O. The molecule has 2 aromatic heterocycles. The van der Waals surface area contributed by atoms with Gasteiger partial charge in [0, 0.05) is 18.3 Å². The molecule has 7 nitrogen and oxygen atoms in total. The monoisotopic (exact) mass is 374 g/mol. The van der Waals surface area contributed by atoms with Gasteiger partial charge < -0.3 is 10.6 Å². The molecule has 0 amide bonds. The van der Waals surface area contributed by atoms with Crippen LogP contribution in [0.4, 0.5) is 11.6 Å². The number of fused-ring (bicyclic) bond motifs is 1. The summed E-state index contributed by atoms with van der Waals surface area (Å²) in [4.78, 5) is 21.2. The summed E-state index contributed by atoms with van der Waals surface area (Å²) in [6.45, 7) is 5.16. The van der Waals surface area contributed by atoms with Crippen molar-refractivity contribution in [2.24, 2.45) is 0 Å². The zero-order chi connectivity index (χ0) is 19.5. The van der Waals surface area contributed by atoms with Crippen LogP contribution in [0.25, 0.3) is 5.78 Å². The first-order valence-corrected chi connectivity index (χ1v) is 9.15. The van der Waals surface area contributed by atoms with Crippen LogP contribution in [-0.4, -0.2) is 19.6 Å². The van der Waals surface area contributed by atoms with E-state index >= 15 is 0 Å². The van der Waals surface area contributed by atoms with Gasteiger partial charge in [-0.3, -0.25) is 9.89 Å². The third kappa shape index (κ3) is 4.03. The summed E-state index contributed by atoms with van der Waals surface area (Å²) in [5.41, 5.74) is 4.98. The number of nitrogens with one attached hydrogen (secondary N) is 3. The van der Waals surface area contributed by atoms with Gasteiger partial charge in [-0.25, -0.2) is 4.98 Å². The van der Waals surface area contributed by atoms with Gasteiger partial charge in [-0.1, -0.05) is 47.5 Å². The zero-order valence-corrected chi connectivity index (χ0v) is 15.9. The zero-order valence-electron chi connectivity index (χ0n) is 15.9. The number of aryl methyl sites for hydroxylation is 2. The van der Waals surface area contributed by atoms with E-state index in [4.69, 9.17) is 0 Å². The standard InChI is InChI=1S/C21H22N6O/c1-14-3-7-16(8-4-14)12-23-20-25-21-24-18(11-19(28)27(21)26-20)13-22-17-9-5-15(2)6-10-17/h3-11,22H,12-13H2,1-2H3,(H2,23,24,25,26).